The zero-order valence-electron chi connectivity index (χ0n) is 10.0. The summed E-state index contributed by atoms with van der Waals surface area (Å²) in [6.07, 6.45) is 3.97. The van der Waals surface area contributed by atoms with Gasteiger partial charge in [-0.05, 0) is 40.8 Å². The standard InChI is InChI=1S/C13H11IN4O/c14-11-8-16-18(9-11)5-4-13(19)17-12-3-1-2-10(6-12)7-15/h1-3,6,8-9H,4-5H2,(H,17,19). The maximum Gasteiger partial charge on any atom is 0.226 e. The van der Waals surface area contributed by atoms with Gasteiger partial charge >= 0.3 is 0 Å². The topological polar surface area (TPSA) is 70.7 Å². The van der Waals surface area contributed by atoms with Gasteiger partial charge < -0.3 is 5.32 Å². The molecule has 2 rings (SSSR count). The number of aryl methyl sites for hydroxylation is 1. The highest BCUT2D eigenvalue weighted by Gasteiger charge is 2.04. The number of halogens is 1. The normalized spacial score (nSPS) is 9.89. The molecule has 1 amide bonds. The minimum atomic E-state index is -0.0967. The second-order valence-electron chi connectivity index (χ2n) is 3.91. The van der Waals surface area contributed by atoms with Crippen molar-refractivity contribution < 1.29 is 4.79 Å². The maximum absolute atomic E-state index is 11.8. The van der Waals surface area contributed by atoms with Crippen LogP contribution in [0, 0.1) is 14.9 Å². The van der Waals surface area contributed by atoms with Gasteiger partial charge in [-0.2, -0.15) is 10.4 Å². The summed E-state index contributed by atoms with van der Waals surface area (Å²) < 4.78 is 2.77. The number of benzene rings is 1. The van der Waals surface area contributed by atoms with Crippen LogP contribution in [0.3, 0.4) is 0 Å². The van der Waals surface area contributed by atoms with Gasteiger partial charge in [-0.3, -0.25) is 9.48 Å². The van der Waals surface area contributed by atoms with Crippen molar-refractivity contribution in [2.45, 2.75) is 13.0 Å². The molecule has 0 aliphatic carbocycles. The number of anilines is 1. The zero-order chi connectivity index (χ0) is 13.7. The number of hydrogen-bond donors (Lipinski definition) is 1. The van der Waals surface area contributed by atoms with Gasteiger partial charge in [-0.1, -0.05) is 6.07 Å². The van der Waals surface area contributed by atoms with E-state index in [0.717, 1.165) is 3.57 Å². The molecule has 0 atom stereocenters. The fourth-order valence-electron chi connectivity index (χ4n) is 1.57. The molecule has 1 aromatic heterocycles. The number of aromatic nitrogens is 2. The molecule has 0 saturated heterocycles. The highest BCUT2D eigenvalue weighted by molar-refractivity contribution is 14.1. The fourth-order valence-corrected chi connectivity index (χ4v) is 2.01. The van der Waals surface area contributed by atoms with E-state index in [1.54, 1.807) is 35.1 Å². The van der Waals surface area contributed by atoms with Crippen LogP contribution in [0.25, 0.3) is 0 Å². The summed E-state index contributed by atoms with van der Waals surface area (Å²) in [7, 11) is 0. The molecule has 5 nitrogen and oxygen atoms in total. The second kappa shape index (κ2) is 6.33. The van der Waals surface area contributed by atoms with Crippen LogP contribution < -0.4 is 5.32 Å². The number of carbonyl (C=O) groups is 1. The summed E-state index contributed by atoms with van der Waals surface area (Å²) >= 11 is 2.17. The van der Waals surface area contributed by atoms with Crippen LogP contribution in [-0.2, 0) is 11.3 Å². The molecule has 0 radical (unpaired) electrons. The molecular weight excluding hydrogens is 355 g/mol. The van der Waals surface area contributed by atoms with E-state index in [0.29, 0.717) is 24.2 Å². The van der Waals surface area contributed by atoms with Gasteiger partial charge in [0.1, 0.15) is 0 Å². The largest absolute Gasteiger partial charge is 0.326 e. The third kappa shape index (κ3) is 4.06. The SMILES string of the molecule is N#Cc1cccc(NC(=O)CCn2cc(I)cn2)c1. The number of nitrogens with zero attached hydrogens (tertiary/aromatic N) is 3. The molecule has 96 valence electrons. The number of nitriles is 1. The maximum atomic E-state index is 11.8. The molecular formula is C13H11IN4O. The Morgan fingerprint density at radius 1 is 1.53 bits per heavy atom. The molecule has 0 aliphatic rings. The van der Waals surface area contributed by atoms with E-state index in [1.165, 1.54) is 0 Å². The molecule has 1 heterocycles. The molecule has 6 heteroatoms. The first-order valence-electron chi connectivity index (χ1n) is 5.65. The average Bonchev–Trinajstić information content (AvgIpc) is 2.82. The van der Waals surface area contributed by atoms with Crippen molar-refractivity contribution in [1.29, 1.82) is 5.26 Å². The highest BCUT2D eigenvalue weighted by Crippen LogP contribution is 2.10. The van der Waals surface area contributed by atoms with E-state index in [-0.39, 0.29) is 5.91 Å². The summed E-state index contributed by atoms with van der Waals surface area (Å²) in [6, 6.07) is 8.88. The first-order chi connectivity index (χ1) is 9.17. The first kappa shape index (κ1) is 13.5. The van der Waals surface area contributed by atoms with Gasteiger partial charge in [-0.15, -0.1) is 0 Å². The molecule has 1 aromatic carbocycles. The molecule has 2 aromatic rings. The highest BCUT2D eigenvalue weighted by atomic mass is 127. The lowest BCUT2D eigenvalue weighted by molar-refractivity contribution is -0.116. The van der Waals surface area contributed by atoms with Crippen molar-refractivity contribution in [3.63, 3.8) is 0 Å². The van der Waals surface area contributed by atoms with Crippen LogP contribution in [0.15, 0.2) is 36.7 Å². The van der Waals surface area contributed by atoms with Gasteiger partial charge in [0, 0.05) is 24.8 Å². The Morgan fingerprint density at radius 2 is 2.37 bits per heavy atom. The molecule has 19 heavy (non-hydrogen) atoms. The van der Waals surface area contributed by atoms with Crippen molar-refractivity contribution in [3.8, 4) is 6.07 Å². The Kier molecular flexibility index (Phi) is 4.52. The average molecular weight is 366 g/mol. The Bertz CT molecular complexity index is 630. The van der Waals surface area contributed by atoms with Crippen molar-refractivity contribution >= 4 is 34.2 Å². The molecule has 0 aliphatic heterocycles. The summed E-state index contributed by atoms with van der Waals surface area (Å²) in [5, 5.41) is 15.6. The van der Waals surface area contributed by atoms with Crippen LogP contribution in [0.5, 0.6) is 0 Å². The van der Waals surface area contributed by atoms with Crippen molar-refractivity contribution in [2.75, 3.05) is 5.32 Å². The summed E-state index contributed by atoms with van der Waals surface area (Å²) in [5.74, 6) is -0.0967. The predicted octanol–water partition coefficient (Wildman–Crippen LogP) is 2.39. The Labute approximate surface area is 124 Å². The van der Waals surface area contributed by atoms with Crippen LogP contribution >= 0.6 is 22.6 Å². The van der Waals surface area contributed by atoms with E-state index in [1.807, 2.05) is 12.3 Å². The lowest BCUT2D eigenvalue weighted by Crippen LogP contribution is -2.14. The van der Waals surface area contributed by atoms with Gasteiger partial charge in [-0.25, -0.2) is 0 Å². The first-order valence-corrected chi connectivity index (χ1v) is 6.73. The predicted molar refractivity (Wildman–Crippen MR) is 79.3 cm³/mol. The van der Waals surface area contributed by atoms with E-state index < -0.39 is 0 Å². The van der Waals surface area contributed by atoms with Crippen LogP contribution in [0.4, 0.5) is 5.69 Å². The smallest absolute Gasteiger partial charge is 0.226 e. The van der Waals surface area contributed by atoms with Gasteiger partial charge in [0.05, 0.1) is 21.4 Å². The quantitative estimate of drug-likeness (QED) is 0.845. The molecule has 0 saturated carbocycles. The molecule has 0 fully saturated rings. The summed E-state index contributed by atoms with van der Waals surface area (Å²) in [6.45, 7) is 0.534. The lowest BCUT2D eigenvalue weighted by atomic mass is 10.2. The minimum Gasteiger partial charge on any atom is -0.326 e. The van der Waals surface area contributed by atoms with Gasteiger partial charge in [0.2, 0.25) is 5.91 Å². The lowest BCUT2D eigenvalue weighted by Gasteiger charge is -2.05. The Morgan fingerprint density at radius 3 is 3.05 bits per heavy atom. The minimum absolute atomic E-state index is 0.0967. The number of hydrogen-bond acceptors (Lipinski definition) is 3. The zero-order valence-corrected chi connectivity index (χ0v) is 12.2. The van der Waals surface area contributed by atoms with Crippen molar-refractivity contribution in [3.05, 3.63) is 45.8 Å². The van der Waals surface area contributed by atoms with Crippen LogP contribution in [0.2, 0.25) is 0 Å². The molecule has 0 bridgehead atoms. The second-order valence-corrected chi connectivity index (χ2v) is 5.16. The number of nitrogens with one attached hydrogen (secondary N) is 1. The Hall–Kier alpha value is -1.88. The fraction of sp³-hybridized carbons (Fsp3) is 0.154. The van der Waals surface area contributed by atoms with E-state index >= 15 is 0 Å². The van der Waals surface area contributed by atoms with E-state index in [9.17, 15) is 4.79 Å². The van der Waals surface area contributed by atoms with Crippen molar-refractivity contribution in [1.82, 2.24) is 9.78 Å². The van der Waals surface area contributed by atoms with E-state index in [4.69, 9.17) is 5.26 Å². The van der Waals surface area contributed by atoms with Crippen molar-refractivity contribution in [2.24, 2.45) is 0 Å². The Balaban J connectivity index is 1.89. The monoisotopic (exact) mass is 366 g/mol. The molecule has 0 spiro atoms. The van der Waals surface area contributed by atoms with Gasteiger partial charge in [0.15, 0.2) is 0 Å². The van der Waals surface area contributed by atoms with Crippen LogP contribution in [-0.4, -0.2) is 15.7 Å². The summed E-state index contributed by atoms with van der Waals surface area (Å²) in [4.78, 5) is 11.8. The number of rotatable bonds is 4. The number of carbonyl (C=O) groups excluding carboxylic acids is 1. The molecule has 0 unspecified atom stereocenters. The third-order valence-corrected chi connectivity index (χ3v) is 3.00. The third-order valence-electron chi connectivity index (χ3n) is 2.45. The molecule has 1 N–H and O–H groups in total. The van der Waals surface area contributed by atoms with Crippen LogP contribution in [0.1, 0.15) is 12.0 Å². The summed E-state index contributed by atoms with van der Waals surface area (Å²) in [5.41, 5.74) is 1.17. The number of amides is 1. The van der Waals surface area contributed by atoms with Gasteiger partial charge in [0.25, 0.3) is 0 Å². The van der Waals surface area contributed by atoms with E-state index in [2.05, 4.69) is 33.0 Å².